The second kappa shape index (κ2) is 5.09. The van der Waals surface area contributed by atoms with Crippen LogP contribution < -0.4 is 5.32 Å². The van der Waals surface area contributed by atoms with Crippen LogP contribution in [0.2, 0.25) is 0 Å². The predicted molar refractivity (Wildman–Crippen MR) is 80.8 cm³/mol. The molecule has 4 nitrogen and oxygen atoms in total. The Bertz CT molecular complexity index is 542. The highest BCUT2D eigenvalue weighted by Crippen LogP contribution is 2.58. The Morgan fingerprint density at radius 2 is 1.86 bits per heavy atom. The Labute approximate surface area is 125 Å². The maximum Gasteiger partial charge on any atom is 0.269 e. The van der Waals surface area contributed by atoms with Crippen LogP contribution in [0.25, 0.3) is 0 Å². The molecule has 1 N–H and O–H groups in total. The van der Waals surface area contributed by atoms with Crippen LogP contribution in [0.1, 0.15) is 37.7 Å². The summed E-state index contributed by atoms with van der Waals surface area (Å²) in [7, 11) is 0. The minimum absolute atomic E-state index is 0.174. The van der Waals surface area contributed by atoms with E-state index in [1.54, 1.807) is 12.1 Å². The Balaban J connectivity index is 1.36. The van der Waals surface area contributed by atoms with Crippen molar-refractivity contribution in [2.75, 3.05) is 0 Å². The number of nitro groups is 1. The third-order valence-corrected chi connectivity index (χ3v) is 6.14. The minimum Gasteiger partial charge on any atom is -0.310 e. The summed E-state index contributed by atoms with van der Waals surface area (Å²) in [4.78, 5) is 10.3. The molecule has 0 radical (unpaired) electrons. The van der Waals surface area contributed by atoms with Crippen LogP contribution in [0.5, 0.6) is 0 Å². The fraction of sp³-hybridized carbons (Fsp3) is 0.647. The first-order chi connectivity index (χ1) is 10.2. The smallest absolute Gasteiger partial charge is 0.269 e. The van der Waals surface area contributed by atoms with Crippen molar-refractivity contribution >= 4 is 5.69 Å². The van der Waals surface area contributed by atoms with Crippen molar-refractivity contribution in [2.24, 2.45) is 23.7 Å². The molecular formula is C17H22N2O2. The van der Waals surface area contributed by atoms with E-state index < -0.39 is 0 Å². The molecule has 2 bridgehead atoms. The third kappa shape index (κ3) is 2.26. The van der Waals surface area contributed by atoms with E-state index in [-0.39, 0.29) is 10.6 Å². The topological polar surface area (TPSA) is 55.2 Å². The van der Waals surface area contributed by atoms with Gasteiger partial charge in [-0.05, 0) is 54.9 Å². The first-order valence-electron chi connectivity index (χ1n) is 8.19. The van der Waals surface area contributed by atoms with Gasteiger partial charge in [-0.25, -0.2) is 0 Å². The van der Waals surface area contributed by atoms with Gasteiger partial charge >= 0.3 is 0 Å². The lowest BCUT2D eigenvalue weighted by Crippen LogP contribution is -2.38. The van der Waals surface area contributed by atoms with E-state index in [2.05, 4.69) is 5.32 Å². The molecule has 112 valence electrons. The molecule has 3 fully saturated rings. The first kappa shape index (κ1) is 13.3. The number of rotatable bonds is 4. The van der Waals surface area contributed by atoms with E-state index >= 15 is 0 Å². The van der Waals surface area contributed by atoms with Crippen LogP contribution in [-0.2, 0) is 6.54 Å². The van der Waals surface area contributed by atoms with E-state index in [1.165, 1.54) is 32.1 Å². The molecule has 1 aromatic rings. The standard InChI is InChI=1S/C17H22N2O2/c20-19(21)13-6-4-11(5-7-13)10-18-17-9-12-8-16(17)15-3-1-2-14(12)15/h4-7,12,14-18H,1-3,8-10H2. The summed E-state index contributed by atoms with van der Waals surface area (Å²) < 4.78 is 0. The number of non-ortho nitro benzene ring substituents is 1. The molecule has 0 spiro atoms. The van der Waals surface area contributed by atoms with E-state index in [1.807, 2.05) is 12.1 Å². The van der Waals surface area contributed by atoms with Crippen molar-refractivity contribution < 1.29 is 4.92 Å². The highest BCUT2D eigenvalue weighted by Gasteiger charge is 2.53. The van der Waals surface area contributed by atoms with Gasteiger partial charge in [0.05, 0.1) is 4.92 Å². The maximum atomic E-state index is 10.7. The van der Waals surface area contributed by atoms with Gasteiger partial charge in [-0.1, -0.05) is 18.6 Å². The summed E-state index contributed by atoms with van der Waals surface area (Å²) in [6.07, 6.45) is 7.14. The summed E-state index contributed by atoms with van der Waals surface area (Å²) in [5.41, 5.74) is 1.32. The highest BCUT2D eigenvalue weighted by molar-refractivity contribution is 5.32. The van der Waals surface area contributed by atoms with Crippen molar-refractivity contribution in [2.45, 2.75) is 44.7 Å². The molecule has 3 saturated carbocycles. The van der Waals surface area contributed by atoms with E-state index in [0.717, 1.165) is 35.8 Å². The molecule has 3 aliphatic carbocycles. The van der Waals surface area contributed by atoms with Gasteiger partial charge in [0.2, 0.25) is 0 Å². The second-order valence-electron chi connectivity index (χ2n) is 7.06. The molecule has 3 aliphatic rings. The number of nitro benzene ring substituents is 1. The molecule has 0 aliphatic heterocycles. The van der Waals surface area contributed by atoms with Crippen LogP contribution in [0, 0.1) is 33.8 Å². The van der Waals surface area contributed by atoms with Gasteiger partial charge < -0.3 is 5.32 Å². The largest absolute Gasteiger partial charge is 0.310 e. The molecule has 5 unspecified atom stereocenters. The number of benzene rings is 1. The van der Waals surface area contributed by atoms with Gasteiger partial charge in [-0.15, -0.1) is 0 Å². The zero-order valence-corrected chi connectivity index (χ0v) is 12.2. The molecule has 0 saturated heterocycles. The second-order valence-corrected chi connectivity index (χ2v) is 7.06. The molecule has 0 heterocycles. The highest BCUT2D eigenvalue weighted by atomic mass is 16.6. The summed E-state index contributed by atoms with van der Waals surface area (Å²) >= 11 is 0. The zero-order chi connectivity index (χ0) is 14.4. The summed E-state index contributed by atoms with van der Waals surface area (Å²) in [5, 5.41) is 14.4. The fourth-order valence-corrected chi connectivity index (χ4v) is 5.29. The average molecular weight is 286 g/mol. The lowest BCUT2D eigenvalue weighted by atomic mass is 9.79. The van der Waals surface area contributed by atoms with Crippen LogP contribution >= 0.6 is 0 Å². The predicted octanol–water partition coefficient (Wildman–Crippen LogP) is 3.51. The van der Waals surface area contributed by atoms with Gasteiger partial charge in [0.15, 0.2) is 0 Å². The molecule has 4 rings (SSSR count). The Kier molecular flexibility index (Phi) is 3.21. The van der Waals surface area contributed by atoms with Crippen LogP contribution in [0.15, 0.2) is 24.3 Å². The van der Waals surface area contributed by atoms with Crippen LogP contribution in [-0.4, -0.2) is 11.0 Å². The quantitative estimate of drug-likeness (QED) is 0.680. The molecule has 21 heavy (non-hydrogen) atoms. The molecule has 0 aromatic heterocycles. The van der Waals surface area contributed by atoms with Crippen molar-refractivity contribution in [3.63, 3.8) is 0 Å². The number of nitrogens with zero attached hydrogens (tertiary/aromatic N) is 1. The number of nitrogens with one attached hydrogen (secondary N) is 1. The van der Waals surface area contributed by atoms with Gasteiger partial charge in [-0.2, -0.15) is 0 Å². The van der Waals surface area contributed by atoms with Gasteiger partial charge in [0.25, 0.3) is 5.69 Å². The third-order valence-electron chi connectivity index (χ3n) is 6.14. The van der Waals surface area contributed by atoms with Crippen LogP contribution in [0.4, 0.5) is 5.69 Å². The number of hydrogen-bond donors (Lipinski definition) is 1. The monoisotopic (exact) mass is 286 g/mol. The van der Waals surface area contributed by atoms with Gasteiger partial charge in [0.1, 0.15) is 0 Å². The number of fused-ring (bicyclic) bond motifs is 5. The summed E-state index contributed by atoms with van der Waals surface area (Å²) in [6, 6.07) is 7.62. The maximum absolute atomic E-state index is 10.7. The average Bonchev–Trinajstić information content (AvgIpc) is 3.17. The molecule has 1 aromatic carbocycles. The Morgan fingerprint density at radius 3 is 2.62 bits per heavy atom. The summed E-state index contributed by atoms with van der Waals surface area (Å²) in [5.74, 6) is 3.88. The van der Waals surface area contributed by atoms with E-state index in [4.69, 9.17) is 0 Å². The number of hydrogen-bond acceptors (Lipinski definition) is 3. The molecule has 4 heteroatoms. The Morgan fingerprint density at radius 1 is 1.10 bits per heavy atom. The zero-order valence-electron chi connectivity index (χ0n) is 12.2. The van der Waals surface area contributed by atoms with Crippen LogP contribution in [0.3, 0.4) is 0 Å². The molecule has 5 atom stereocenters. The molecule has 0 amide bonds. The fourth-order valence-electron chi connectivity index (χ4n) is 5.29. The lowest BCUT2D eigenvalue weighted by Gasteiger charge is -2.32. The lowest BCUT2D eigenvalue weighted by molar-refractivity contribution is -0.384. The van der Waals surface area contributed by atoms with E-state index in [9.17, 15) is 10.1 Å². The van der Waals surface area contributed by atoms with Crippen molar-refractivity contribution in [3.05, 3.63) is 39.9 Å². The van der Waals surface area contributed by atoms with Crippen molar-refractivity contribution in [3.8, 4) is 0 Å². The normalized spacial score (nSPS) is 36.9. The SMILES string of the molecule is O=[N+]([O-])c1ccc(CNC2CC3CC2C2CCCC32)cc1. The van der Waals surface area contributed by atoms with Crippen molar-refractivity contribution in [1.29, 1.82) is 0 Å². The first-order valence-corrected chi connectivity index (χ1v) is 8.19. The minimum atomic E-state index is -0.340. The van der Waals surface area contributed by atoms with E-state index in [0.29, 0.717) is 6.04 Å². The van der Waals surface area contributed by atoms with Gasteiger partial charge in [0, 0.05) is 24.7 Å². The molecular weight excluding hydrogens is 264 g/mol. The summed E-state index contributed by atoms with van der Waals surface area (Å²) in [6.45, 7) is 0.837. The van der Waals surface area contributed by atoms with Crippen molar-refractivity contribution in [1.82, 2.24) is 5.32 Å². The van der Waals surface area contributed by atoms with Gasteiger partial charge in [-0.3, -0.25) is 10.1 Å². The Hall–Kier alpha value is -1.42.